The van der Waals surface area contributed by atoms with Crippen molar-refractivity contribution < 1.29 is 37.1 Å². The number of rotatable bonds is 9. The van der Waals surface area contributed by atoms with Crippen LogP contribution in [0.2, 0.25) is 5.02 Å². The number of halogens is 4. The van der Waals surface area contributed by atoms with Crippen molar-refractivity contribution in [3.8, 4) is 22.4 Å². The van der Waals surface area contributed by atoms with Gasteiger partial charge in [-0.1, -0.05) is 49.7 Å². The van der Waals surface area contributed by atoms with E-state index in [1.165, 1.54) is 25.4 Å². The minimum absolute atomic E-state index is 0.0413. The number of nitrogens with one attached hydrogen (secondary N) is 4. The number of urea groups is 1. The molecule has 18 heteroatoms. The highest BCUT2D eigenvalue weighted by Gasteiger charge is 2.38. The molecule has 4 aromatic rings. The molecule has 4 N–H and O–H groups in total. The lowest BCUT2D eigenvalue weighted by molar-refractivity contribution is -0.137. The number of pyridine rings is 1. The van der Waals surface area contributed by atoms with E-state index in [-0.39, 0.29) is 57.3 Å². The molecule has 0 radical (unpaired) electrons. The van der Waals surface area contributed by atoms with Gasteiger partial charge in [0, 0.05) is 45.5 Å². The molecule has 308 valence electrons. The molecule has 0 aliphatic carbocycles. The molecule has 58 heavy (non-hydrogen) atoms. The van der Waals surface area contributed by atoms with Gasteiger partial charge in [-0.3, -0.25) is 9.59 Å². The Morgan fingerprint density at radius 2 is 1.71 bits per heavy atom. The Labute approximate surface area is 338 Å². The lowest BCUT2D eigenvalue weighted by Gasteiger charge is -2.40. The standard InChI is InChI=1S/C40H45ClF3N9O5/c1-22(2)34(50-39(57)58-5)37(55)53-14-6-7-32(53)35-47-20-31(48-35)25-10-8-24(9-11-25)27-17-29(41)30(18-28(27)40(42,43)44)49-36(54)26-12-13-33(46-19-26)52-16-15-51(21-23(52)3)38(56)45-4/h8-13,17-20,22-23,32,34H,6-7,14-16,21H2,1-5H3,(H,45,56)(H,47,48)(H,49,54)(H,50,57)/t23-,32+,34+/m1/s1. The van der Waals surface area contributed by atoms with Gasteiger partial charge >= 0.3 is 18.3 Å². The third kappa shape index (κ3) is 8.98. The molecule has 2 fully saturated rings. The van der Waals surface area contributed by atoms with Gasteiger partial charge in [0.2, 0.25) is 5.91 Å². The monoisotopic (exact) mass is 823 g/mol. The predicted octanol–water partition coefficient (Wildman–Crippen LogP) is 6.96. The number of likely N-dealkylation sites (tertiary alicyclic amines) is 1. The number of nitrogens with zero attached hydrogens (tertiary/aromatic N) is 5. The van der Waals surface area contributed by atoms with Crippen LogP contribution in [-0.4, -0.2) is 101 Å². The summed E-state index contributed by atoms with van der Waals surface area (Å²) in [5.74, 6) is 0.0177. The van der Waals surface area contributed by atoms with Crippen LogP contribution in [0.15, 0.2) is 60.9 Å². The minimum atomic E-state index is -4.79. The first-order valence-corrected chi connectivity index (χ1v) is 19.2. The van der Waals surface area contributed by atoms with Gasteiger partial charge in [-0.2, -0.15) is 13.2 Å². The topological polar surface area (TPSA) is 165 Å². The summed E-state index contributed by atoms with van der Waals surface area (Å²) in [6, 6.07) is 10.2. The van der Waals surface area contributed by atoms with Gasteiger partial charge in [0.1, 0.15) is 17.7 Å². The Morgan fingerprint density at radius 3 is 2.33 bits per heavy atom. The van der Waals surface area contributed by atoms with Crippen LogP contribution < -0.4 is 20.9 Å². The van der Waals surface area contributed by atoms with Crippen LogP contribution >= 0.6 is 11.6 Å². The summed E-state index contributed by atoms with van der Waals surface area (Å²) in [4.78, 5) is 68.3. The number of aromatic nitrogens is 3. The first kappa shape index (κ1) is 41.8. The normalized spacial score (nSPS) is 17.6. The van der Waals surface area contributed by atoms with E-state index in [0.29, 0.717) is 55.5 Å². The zero-order valence-corrected chi connectivity index (χ0v) is 33.4. The molecule has 0 saturated carbocycles. The number of amides is 5. The second kappa shape index (κ2) is 17.3. The Balaban J connectivity index is 1.16. The maximum absolute atomic E-state index is 14.5. The molecule has 5 amide bonds. The second-order valence-electron chi connectivity index (χ2n) is 14.6. The van der Waals surface area contributed by atoms with Crippen LogP contribution in [-0.2, 0) is 15.7 Å². The summed E-state index contributed by atoms with van der Waals surface area (Å²) < 4.78 is 48.3. The lowest BCUT2D eigenvalue weighted by Crippen LogP contribution is -2.55. The van der Waals surface area contributed by atoms with Crippen molar-refractivity contribution >= 4 is 47.0 Å². The largest absolute Gasteiger partial charge is 0.453 e. The third-order valence-corrected chi connectivity index (χ3v) is 10.8. The zero-order valence-electron chi connectivity index (χ0n) is 32.6. The van der Waals surface area contributed by atoms with E-state index in [2.05, 4.69) is 30.9 Å². The Bertz CT molecular complexity index is 2150. The number of ether oxygens (including phenoxy) is 1. The molecule has 6 rings (SSSR count). The van der Waals surface area contributed by atoms with Gasteiger partial charge in [-0.15, -0.1) is 0 Å². The van der Waals surface area contributed by atoms with Gasteiger partial charge in [-0.05, 0) is 66.6 Å². The number of aromatic amines is 1. The van der Waals surface area contributed by atoms with Gasteiger partial charge in [0.05, 0.1) is 46.9 Å². The fourth-order valence-electron chi connectivity index (χ4n) is 7.34. The number of hydrogen-bond acceptors (Lipinski definition) is 8. The summed E-state index contributed by atoms with van der Waals surface area (Å²) in [5, 5.41) is 7.65. The maximum Gasteiger partial charge on any atom is 0.417 e. The highest BCUT2D eigenvalue weighted by Crippen LogP contribution is 2.42. The zero-order chi connectivity index (χ0) is 41.9. The number of carbonyl (C=O) groups excluding carboxylic acids is 4. The molecule has 2 aromatic heterocycles. The lowest BCUT2D eigenvalue weighted by atomic mass is 9.97. The van der Waals surface area contributed by atoms with Crippen molar-refractivity contribution in [2.45, 2.75) is 57.9 Å². The highest BCUT2D eigenvalue weighted by atomic mass is 35.5. The van der Waals surface area contributed by atoms with Crippen LogP contribution in [0, 0.1) is 5.92 Å². The number of piperazine rings is 1. The molecule has 4 heterocycles. The molecule has 2 aliphatic rings. The van der Waals surface area contributed by atoms with Crippen molar-refractivity contribution in [3.63, 3.8) is 0 Å². The summed E-state index contributed by atoms with van der Waals surface area (Å²) in [6.07, 6.45) is -1.15. The molecule has 2 aliphatic heterocycles. The van der Waals surface area contributed by atoms with Crippen LogP contribution in [0.3, 0.4) is 0 Å². The maximum atomic E-state index is 14.5. The quantitative estimate of drug-likeness (QED) is 0.141. The number of alkyl carbamates (subject to hydrolysis) is 1. The summed E-state index contributed by atoms with van der Waals surface area (Å²) in [7, 11) is 2.81. The van der Waals surface area contributed by atoms with Crippen molar-refractivity contribution in [3.05, 3.63) is 82.9 Å². The molecular formula is C40H45ClF3N9O5. The summed E-state index contributed by atoms with van der Waals surface area (Å²) in [6.45, 7) is 7.61. The molecule has 3 atom stereocenters. The molecular weight excluding hydrogens is 779 g/mol. The van der Waals surface area contributed by atoms with Crippen LogP contribution in [0.5, 0.6) is 0 Å². The van der Waals surface area contributed by atoms with Gasteiger partial charge in [-0.25, -0.2) is 19.6 Å². The number of anilines is 2. The van der Waals surface area contributed by atoms with E-state index in [1.807, 2.05) is 25.7 Å². The number of benzene rings is 2. The first-order chi connectivity index (χ1) is 27.6. The van der Waals surface area contributed by atoms with E-state index < -0.39 is 29.8 Å². The Kier molecular flexibility index (Phi) is 12.5. The Hall–Kier alpha value is -5.84. The molecule has 14 nitrogen and oxygen atoms in total. The number of imidazole rings is 1. The van der Waals surface area contributed by atoms with Crippen LogP contribution in [0.1, 0.15) is 61.4 Å². The minimum Gasteiger partial charge on any atom is -0.453 e. The van der Waals surface area contributed by atoms with Crippen molar-refractivity contribution in [1.82, 2.24) is 35.4 Å². The van der Waals surface area contributed by atoms with E-state index in [0.717, 1.165) is 12.5 Å². The number of carbonyl (C=O) groups is 4. The van der Waals surface area contributed by atoms with Crippen molar-refractivity contribution in [2.24, 2.45) is 5.92 Å². The number of alkyl halides is 3. The fraction of sp³-hybridized carbons (Fsp3) is 0.400. The smallest absolute Gasteiger partial charge is 0.417 e. The number of methoxy groups -OCH3 is 1. The highest BCUT2D eigenvalue weighted by molar-refractivity contribution is 6.34. The average Bonchev–Trinajstić information content (AvgIpc) is 3.90. The van der Waals surface area contributed by atoms with Gasteiger partial charge in [0.15, 0.2) is 0 Å². The summed E-state index contributed by atoms with van der Waals surface area (Å²) >= 11 is 6.51. The second-order valence-corrected chi connectivity index (χ2v) is 15.0. The SMILES string of the molecule is CNC(=O)N1CCN(c2ccc(C(=O)Nc3cc(C(F)(F)F)c(-c4ccc(-c5cnc([C@@H]6CCCN6C(=O)[C@@H](NC(=O)OC)C(C)C)[nH]5)cc4)cc3Cl)cn2)[C@H](C)C1. The van der Waals surface area contributed by atoms with E-state index in [9.17, 15) is 32.3 Å². The van der Waals surface area contributed by atoms with E-state index in [4.69, 9.17) is 16.3 Å². The number of H-pyrrole nitrogens is 1. The fourth-order valence-corrected chi connectivity index (χ4v) is 7.55. The molecule has 0 bridgehead atoms. The Morgan fingerprint density at radius 1 is 0.983 bits per heavy atom. The third-order valence-electron chi connectivity index (χ3n) is 10.4. The predicted molar refractivity (Wildman–Crippen MR) is 212 cm³/mol. The van der Waals surface area contributed by atoms with E-state index in [1.54, 1.807) is 53.4 Å². The molecule has 0 spiro atoms. The van der Waals surface area contributed by atoms with E-state index >= 15 is 0 Å². The number of hydrogen-bond donors (Lipinski definition) is 4. The molecule has 2 aromatic carbocycles. The van der Waals surface area contributed by atoms with Gasteiger partial charge < -0.3 is 40.4 Å². The van der Waals surface area contributed by atoms with Crippen molar-refractivity contribution in [2.75, 3.05) is 50.6 Å². The van der Waals surface area contributed by atoms with Crippen LogP contribution in [0.4, 0.5) is 34.3 Å². The summed E-state index contributed by atoms with van der Waals surface area (Å²) in [5.41, 5.74) is 0.225. The molecule has 2 saturated heterocycles. The average molecular weight is 824 g/mol. The first-order valence-electron chi connectivity index (χ1n) is 18.8. The van der Waals surface area contributed by atoms with Crippen molar-refractivity contribution in [1.29, 1.82) is 0 Å². The van der Waals surface area contributed by atoms with Gasteiger partial charge in [0.25, 0.3) is 5.91 Å². The molecule has 0 unspecified atom stereocenters. The van der Waals surface area contributed by atoms with Crippen LogP contribution in [0.25, 0.3) is 22.4 Å².